The van der Waals surface area contributed by atoms with E-state index in [-0.39, 0.29) is 23.5 Å². The second-order valence-electron chi connectivity index (χ2n) is 6.58. The number of amides is 1. The molecule has 0 saturated carbocycles. The van der Waals surface area contributed by atoms with Crippen LogP contribution in [-0.2, 0) is 14.6 Å². The standard InChI is InChI=1S/C20H25NO4S/c1-14-6-11-19(15(2)12-14)25-13-20(22)21(4)16(3)17-7-9-18(10-8-17)26(5,23)24/h6-12,16H,13H2,1-5H3. The van der Waals surface area contributed by atoms with Crippen molar-refractivity contribution in [2.75, 3.05) is 19.9 Å². The molecule has 0 saturated heterocycles. The predicted octanol–water partition coefficient (Wildman–Crippen LogP) is 3.31. The zero-order valence-electron chi connectivity index (χ0n) is 15.8. The Morgan fingerprint density at radius 2 is 1.73 bits per heavy atom. The van der Waals surface area contributed by atoms with E-state index < -0.39 is 9.84 Å². The first-order chi connectivity index (χ1) is 12.1. The van der Waals surface area contributed by atoms with Crippen molar-refractivity contribution in [3.05, 3.63) is 59.2 Å². The summed E-state index contributed by atoms with van der Waals surface area (Å²) >= 11 is 0. The maximum absolute atomic E-state index is 12.4. The minimum absolute atomic E-state index is 0.0494. The largest absolute Gasteiger partial charge is 0.484 e. The van der Waals surface area contributed by atoms with Gasteiger partial charge in [-0.1, -0.05) is 29.8 Å². The van der Waals surface area contributed by atoms with Gasteiger partial charge in [-0.05, 0) is 50.1 Å². The third-order valence-corrected chi connectivity index (χ3v) is 5.58. The van der Waals surface area contributed by atoms with Gasteiger partial charge in [0.2, 0.25) is 0 Å². The highest BCUT2D eigenvalue weighted by atomic mass is 32.2. The zero-order valence-corrected chi connectivity index (χ0v) is 16.6. The second-order valence-corrected chi connectivity index (χ2v) is 8.60. The van der Waals surface area contributed by atoms with Crippen molar-refractivity contribution >= 4 is 15.7 Å². The molecule has 26 heavy (non-hydrogen) atoms. The number of aryl methyl sites for hydroxylation is 2. The van der Waals surface area contributed by atoms with Crippen LogP contribution in [-0.4, -0.2) is 39.1 Å². The lowest BCUT2D eigenvalue weighted by atomic mass is 10.1. The van der Waals surface area contributed by atoms with Crippen LogP contribution in [0.25, 0.3) is 0 Å². The van der Waals surface area contributed by atoms with Crippen molar-refractivity contribution < 1.29 is 17.9 Å². The highest BCUT2D eigenvalue weighted by Gasteiger charge is 2.19. The van der Waals surface area contributed by atoms with E-state index in [1.165, 1.54) is 6.26 Å². The molecule has 0 spiro atoms. The maximum atomic E-state index is 12.4. The van der Waals surface area contributed by atoms with Crippen molar-refractivity contribution in [1.82, 2.24) is 4.90 Å². The molecule has 0 aromatic heterocycles. The van der Waals surface area contributed by atoms with Crippen LogP contribution in [0.15, 0.2) is 47.4 Å². The predicted molar refractivity (Wildman–Crippen MR) is 102 cm³/mol. The van der Waals surface area contributed by atoms with Gasteiger partial charge in [-0.25, -0.2) is 8.42 Å². The third-order valence-electron chi connectivity index (χ3n) is 4.45. The van der Waals surface area contributed by atoms with E-state index in [1.54, 1.807) is 36.2 Å². The van der Waals surface area contributed by atoms with Gasteiger partial charge in [-0.15, -0.1) is 0 Å². The molecular weight excluding hydrogens is 350 g/mol. The summed E-state index contributed by atoms with van der Waals surface area (Å²) < 4.78 is 28.7. The van der Waals surface area contributed by atoms with E-state index in [0.717, 1.165) is 16.7 Å². The lowest BCUT2D eigenvalue weighted by molar-refractivity contribution is -0.134. The molecule has 0 aliphatic rings. The molecule has 2 aromatic carbocycles. The number of sulfone groups is 1. The van der Waals surface area contributed by atoms with Crippen LogP contribution < -0.4 is 4.74 Å². The summed E-state index contributed by atoms with van der Waals surface area (Å²) in [6.45, 7) is 5.80. The first kappa shape index (κ1) is 20.0. The molecule has 0 radical (unpaired) electrons. The summed E-state index contributed by atoms with van der Waals surface area (Å²) in [5, 5.41) is 0. The molecule has 0 fully saturated rings. The summed E-state index contributed by atoms with van der Waals surface area (Å²) in [7, 11) is -1.52. The van der Waals surface area contributed by atoms with E-state index >= 15 is 0 Å². The van der Waals surface area contributed by atoms with Crippen LogP contribution in [0.2, 0.25) is 0 Å². The van der Waals surface area contributed by atoms with Gasteiger partial charge in [0.25, 0.3) is 5.91 Å². The molecule has 0 heterocycles. The molecule has 140 valence electrons. The lowest BCUT2D eigenvalue weighted by Gasteiger charge is -2.25. The number of nitrogens with zero attached hydrogens (tertiary/aromatic N) is 1. The highest BCUT2D eigenvalue weighted by Crippen LogP contribution is 2.22. The molecular formula is C20H25NO4S. The summed E-state index contributed by atoms with van der Waals surface area (Å²) in [5.74, 6) is 0.548. The summed E-state index contributed by atoms with van der Waals surface area (Å²) in [6.07, 6.45) is 1.17. The minimum atomic E-state index is -3.23. The normalized spacial score (nSPS) is 12.5. The number of hydrogen-bond acceptors (Lipinski definition) is 4. The van der Waals surface area contributed by atoms with Crippen molar-refractivity contribution in [2.24, 2.45) is 0 Å². The van der Waals surface area contributed by atoms with Gasteiger partial charge < -0.3 is 9.64 Å². The van der Waals surface area contributed by atoms with E-state index in [0.29, 0.717) is 5.75 Å². The Hall–Kier alpha value is -2.34. The van der Waals surface area contributed by atoms with Crippen LogP contribution in [0, 0.1) is 13.8 Å². The van der Waals surface area contributed by atoms with E-state index in [2.05, 4.69) is 0 Å². The molecule has 1 unspecified atom stereocenters. The molecule has 6 heteroatoms. The SMILES string of the molecule is Cc1ccc(OCC(=O)N(C)C(C)c2ccc(S(C)(=O)=O)cc2)c(C)c1. The number of hydrogen-bond donors (Lipinski definition) is 0. The second kappa shape index (κ2) is 7.91. The van der Waals surface area contributed by atoms with Gasteiger partial charge in [0.1, 0.15) is 5.75 Å². The topological polar surface area (TPSA) is 63.7 Å². The lowest BCUT2D eigenvalue weighted by Crippen LogP contribution is -2.33. The van der Waals surface area contributed by atoms with Crippen LogP contribution in [0.5, 0.6) is 5.75 Å². The average Bonchev–Trinajstić information content (AvgIpc) is 2.58. The Morgan fingerprint density at radius 1 is 1.12 bits per heavy atom. The van der Waals surface area contributed by atoms with Crippen LogP contribution in [0.3, 0.4) is 0 Å². The van der Waals surface area contributed by atoms with Crippen molar-refractivity contribution in [3.8, 4) is 5.75 Å². The molecule has 0 bridgehead atoms. The van der Waals surface area contributed by atoms with E-state index in [9.17, 15) is 13.2 Å². The molecule has 1 amide bonds. The van der Waals surface area contributed by atoms with Gasteiger partial charge in [0.15, 0.2) is 16.4 Å². The maximum Gasteiger partial charge on any atom is 0.260 e. The molecule has 0 N–H and O–H groups in total. The Kier molecular flexibility index (Phi) is 6.08. The monoisotopic (exact) mass is 375 g/mol. The first-order valence-corrected chi connectivity index (χ1v) is 10.2. The highest BCUT2D eigenvalue weighted by molar-refractivity contribution is 7.90. The third kappa shape index (κ3) is 4.85. The number of carbonyl (C=O) groups is 1. The van der Waals surface area contributed by atoms with E-state index in [1.807, 2.05) is 39.0 Å². The summed E-state index contributed by atoms with van der Waals surface area (Å²) in [4.78, 5) is 14.3. The van der Waals surface area contributed by atoms with Gasteiger partial charge >= 0.3 is 0 Å². The van der Waals surface area contributed by atoms with Crippen LogP contribution in [0.1, 0.15) is 29.7 Å². The first-order valence-electron chi connectivity index (χ1n) is 8.35. The van der Waals surface area contributed by atoms with Gasteiger partial charge in [0.05, 0.1) is 10.9 Å². The Bertz CT molecular complexity index is 889. The Balaban J connectivity index is 2.02. The summed E-state index contributed by atoms with van der Waals surface area (Å²) in [5.41, 5.74) is 2.99. The number of ether oxygens (including phenoxy) is 1. The van der Waals surface area contributed by atoms with Crippen molar-refractivity contribution in [2.45, 2.75) is 31.7 Å². The molecule has 1 atom stereocenters. The fourth-order valence-electron chi connectivity index (χ4n) is 2.64. The molecule has 2 aromatic rings. The van der Waals surface area contributed by atoms with Crippen LogP contribution in [0.4, 0.5) is 0 Å². The average molecular weight is 375 g/mol. The number of benzene rings is 2. The van der Waals surface area contributed by atoms with Crippen LogP contribution >= 0.6 is 0 Å². The number of rotatable bonds is 6. The Labute approximate surface area is 155 Å². The number of likely N-dealkylation sites (N-methyl/N-ethyl adjacent to an activating group) is 1. The zero-order chi connectivity index (χ0) is 19.5. The number of carbonyl (C=O) groups excluding carboxylic acids is 1. The molecule has 2 rings (SSSR count). The molecule has 0 aliphatic heterocycles. The smallest absolute Gasteiger partial charge is 0.260 e. The van der Waals surface area contributed by atoms with Crippen molar-refractivity contribution in [3.63, 3.8) is 0 Å². The molecule has 0 aliphatic carbocycles. The Morgan fingerprint density at radius 3 is 2.27 bits per heavy atom. The minimum Gasteiger partial charge on any atom is -0.484 e. The van der Waals surface area contributed by atoms with Gasteiger partial charge in [-0.2, -0.15) is 0 Å². The quantitative estimate of drug-likeness (QED) is 0.777. The fraction of sp³-hybridized carbons (Fsp3) is 0.350. The van der Waals surface area contributed by atoms with Crippen molar-refractivity contribution in [1.29, 1.82) is 0 Å². The van der Waals surface area contributed by atoms with Gasteiger partial charge in [0, 0.05) is 13.3 Å². The van der Waals surface area contributed by atoms with E-state index in [4.69, 9.17) is 4.74 Å². The summed E-state index contributed by atoms with van der Waals surface area (Å²) in [6, 6.07) is 12.2. The molecule has 5 nitrogen and oxygen atoms in total. The van der Waals surface area contributed by atoms with Gasteiger partial charge in [-0.3, -0.25) is 4.79 Å². The fourth-order valence-corrected chi connectivity index (χ4v) is 3.27.